The highest BCUT2D eigenvalue weighted by Gasteiger charge is 2.15. The van der Waals surface area contributed by atoms with E-state index < -0.39 is 23.5 Å². The normalized spacial score (nSPS) is 11.1. The monoisotopic (exact) mass is 390 g/mol. The predicted octanol–water partition coefficient (Wildman–Crippen LogP) is 7.89. The van der Waals surface area contributed by atoms with E-state index in [1.165, 1.54) is 42.5 Å². The maximum absolute atomic E-state index is 14.6. The molecule has 0 fully saturated rings. The standard InChI is InChI=1S/C23H19F5/c1-2-3-4-5-14-10-19(24)22(20(25)11-14)16-8-9-18-15(12-16)6-7-17(23(18)28)13-21(26)27/h6-13H,2-5H2,1H3. The van der Waals surface area contributed by atoms with Crippen molar-refractivity contribution < 1.29 is 22.0 Å². The summed E-state index contributed by atoms with van der Waals surface area (Å²) in [6, 6.07) is 9.52. The van der Waals surface area contributed by atoms with E-state index in [4.69, 9.17) is 0 Å². The predicted molar refractivity (Wildman–Crippen MR) is 103 cm³/mol. The van der Waals surface area contributed by atoms with Crippen LogP contribution in [0.3, 0.4) is 0 Å². The van der Waals surface area contributed by atoms with Crippen molar-refractivity contribution in [1.29, 1.82) is 0 Å². The Labute approximate surface area is 160 Å². The van der Waals surface area contributed by atoms with Crippen LogP contribution in [0.1, 0.15) is 37.3 Å². The van der Waals surface area contributed by atoms with Crippen LogP contribution in [0.25, 0.3) is 28.0 Å². The van der Waals surface area contributed by atoms with Crippen LogP contribution < -0.4 is 0 Å². The largest absolute Gasteiger partial charge is 0.271 e. The van der Waals surface area contributed by atoms with E-state index in [1.54, 1.807) is 0 Å². The first-order chi connectivity index (χ1) is 13.4. The zero-order valence-corrected chi connectivity index (χ0v) is 15.3. The van der Waals surface area contributed by atoms with E-state index in [0.29, 0.717) is 23.4 Å². The number of halogens is 5. The molecule has 0 aliphatic rings. The van der Waals surface area contributed by atoms with Gasteiger partial charge >= 0.3 is 0 Å². The van der Waals surface area contributed by atoms with Crippen LogP contribution in [0.5, 0.6) is 0 Å². The molecular formula is C23H19F5. The lowest BCUT2D eigenvalue weighted by atomic mass is 9.96. The summed E-state index contributed by atoms with van der Waals surface area (Å²) < 4.78 is 68.4. The van der Waals surface area contributed by atoms with E-state index in [0.717, 1.165) is 19.3 Å². The smallest absolute Gasteiger partial charge is 0.206 e. The van der Waals surface area contributed by atoms with Crippen LogP contribution in [0.4, 0.5) is 22.0 Å². The minimum atomic E-state index is -2.00. The van der Waals surface area contributed by atoms with Crippen molar-refractivity contribution >= 4 is 16.8 Å². The Bertz CT molecular complexity index is 1010. The van der Waals surface area contributed by atoms with Gasteiger partial charge in [0.2, 0.25) is 0 Å². The molecule has 0 atom stereocenters. The Morgan fingerprint density at radius 1 is 0.893 bits per heavy atom. The summed E-state index contributed by atoms with van der Waals surface area (Å²) in [6.07, 6.45) is 1.92. The Balaban J connectivity index is 2.01. The maximum Gasteiger partial charge on any atom is 0.271 e. The molecule has 0 heterocycles. The molecule has 3 aromatic carbocycles. The third-order valence-electron chi connectivity index (χ3n) is 4.71. The van der Waals surface area contributed by atoms with Crippen LogP contribution in [-0.4, -0.2) is 0 Å². The topological polar surface area (TPSA) is 0 Å². The molecule has 0 N–H and O–H groups in total. The van der Waals surface area contributed by atoms with Gasteiger partial charge in [0.25, 0.3) is 6.08 Å². The van der Waals surface area contributed by atoms with E-state index >= 15 is 0 Å². The first kappa shape index (κ1) is 20.1. The molecule has 0 saturated carbocycles. The Morgan fingerprint density at radius 3 is 2.25 bits per heavy atom. The third-order valence-corrected chi connectivity index (χ3v) is 4.71. The second-order valence-corrected chi connectivity index (χ2v) is 6.73. The maximum atomic E-state index is 14.6. The molecule has 28 heavy (non-hydrogen) atoms. The Morgan fingerprint density at radius 2 is 1.61 bits per heavy atom. The third kappa shape index (κ3) is 4.24. The fourth-order valence-electron chi connectivity index (χ4n) is 3.32. The van der Waals surface area contributed by atoms with Gasteiger partial charge in [0, 0.05) is 17.0 Å². The van der Waals surface area contributed by atoms with Crippen LogP contribution in [0.15, 0.2) is 48.5 Å². The fraction of sp³-hybridized carbons (Fsp3) is 0.217. The number of rotatable bonds is 6. The highest BCUT2D eigenvalue weighted by molar-refractivity contribution is 5.89. The Kier molecular flexibility index (Phi) is 6.12. The quantitative estimate of drug-likeness (QED) is 0.296. The van der Waals surface area contributed by atoms with Gasteiger partial charge in [-0.3, -0.25) is 0 Å². The molecule has 0 aliphatic heterocycles. The van der Waals surface area contributed by atoms with Gasteiger partial charge < -0.3 is 0 Å². The lowest BCUT2D eigenvalue weighted by Gasteiger charge is -2.10. The molecule has 146 valence electrons. The molecule has 3 aromatic rings. The molecular weight excluding hydrogens is 371 g/mol. The minimum Gasteiger partial charge on any atom is -0.206 e. The van der Waals surface area contributed by atoms with Crippen molar-refractivity contribution in [2.24, 2.45) is 0 Å². The molecule has 0 saturated heterocycles. The van der Waals surface area contributed by atoms with Crippen molar-refractivity contribution in [3.8, 4) is 11.1 Å². The molecule has 0 amide bonds. The molecule has 0 radical (unpaired) electrons. The number of unbranched alkanes of at least 4 members (excludes halogenated alkanes) is 2. The van der Waals surface area contributed by atoms with E-state index in [2.05, 4.69) is 6.92 Å². The second kappa shape index (κ2) is 8.55. The summed E-state index contributed by atoms with van der Waals surface area (Å²) in [6.45, 7) is 2.06. The highest BCUT2D eigenvalue weighted by Crippen LogP contribution is 2.32. The van der Waals surface area contributed by atoms with Gasteiger partial charge in [-0.25, -0.2) is 13.2 Å². The molecule has 0 aliphatic carbocycles. The minimum absolute atomic E-state index is 0.107. The van der Waals surface area contributed by atoms with Crippen molar-refractivity contribution in [3.63, 3.8) is 0 Å². The molecule has 0 nitrogen and oxygen atoms in total. The van der Waals surface area contributed by atoms with Gasteiger partial charge in [-0.2, -0.15) is 8.78 Å². The van der Waals surface area contributed by atoms with Gasteiger partial charge in [0.05, 0.1) is 5.56 Å². The highest BCUT2D eigenvalue weighted by atomic mass is 19.3. The number of fused-ring (bicyclic) bond motifs is 1. The number of hydrogen-bond acceptors (Lipinski definition) is 0. The molecule has 0 unspecified atom stereocenters. The van der Waals surface area contributed by atoms with E-state index in [-0.39, 0.29) is 22.1 Å². The summed E-state index contributed by atoms with van der Waals surface area (Å²) in [4.78, 5) is 0. The van der Waals surface area contributed by atoms with E-state index in [9.17, 15) is 22.0 Å². The van der Waals surface area contributed by atoms with Crippen LogP contribution in [-0.2, 0) is 6.42 Å². The average Bonchev–Trinajstić information content (AvgIpc) is 2.63. The molecule has 3 rings (SSSR count). The molecule has 0 spiro atoms. The van der Waals surface area contributed by atoms with Crippen molar-refractivity contribution in [3.05, 3.63) is 77.1 Å². The van der Waals surface area contributed by atoms with Crippen molar-refractivity contribution in [2.75, 3.05) is 0 Å². The zero-order chi connectivity index (χ0) is 20.3. The van der Waals surface area contributed by atoms with Gasteiger partial charge in [-0.05, 0) is 47.6 Å². The number of hydrogen-bond donors (Lipinski definition) is 0. The van der Waals surface area contributed by atoms with Crippen LogP contribution >= 0.6 is 0 Å². The Hall–Kier alpha value is -2.69. The first-order valence-electron chi connectivity index (χ1n) is 9.14. The fourth-order valence-corrected chi connectivity index (χ4v) is 3.32. The number of benzene rings is 3. The van der Waals surface area contributed by atoms with Gasteiger partial charge in [-0.15, -0.1) is 0 Å². The van der Waals surface area contributed by atoms with Crippen LogP contribution in [0, 0.1) is 17.5 Å². The van der Waals surface area contributed by atoms with Gasteiger partial charge in [0.15, 0.2) is 0 Å². The lowest BCUT2D eigenvalue weighted by molar-refractivity contribution is 0.429. The van der Waals surface area contributed by atoms with Gasteiger partial charge in [0.1, 0.15) is 17.5 Å². The van der Waals surface area contributed by atoms with E-state index in [1.807, 2.05) is 0 Å². The van der Waals surface area contributed by atoms with Crippen molar-refractivity contribution in [1.82, 2.24) is 0 Å². The molecule has 0 bridgehead atoms. The number of aryl methyl sites for hydroxylation is 1. The van der Waals surface area contributed by atoms with Crippen LogP contribution in [0.2, 0.25) is 0 Å². The SMILES string of the molecule is CCCCCc1cc(F)c(-c2ccc3c(F)c(C=C(F)F)ccc3c2)c(F)c1. The average molecular weight is 390 g/mol. The summed E-state index contributed by atoms with van der Waals surface area (Å²) in [5.41, 5.74) is 0.444. The van der Waals surface area contributed by atoms with Gasteiger partial charge in [-0.1, -0.05) is 44.0 Å². The van der Waals surface area contributed by atoms with Crippen molar-refractivity contribution in [2.45, 2.75) is 32.6 Å². The lowest BCUT2D eigenvalue weighted by Crippen LogP contribution is -1.96. The zero-order valence-electron chi connectivity index (χ0n) is 15.3. The first-order valence-corrected chi connectivity index (χ1v) is 9.14. The summed E-state index contributed by atoms with van der Waals surface area (Å²) >= 11 is 0. The molecule has 0 aromatic heterocycles. The second-order valence-electron chi connectivity index (χ2n) is 6.73. The molecule has 5 heteroatoms. The summed E-state index contributed by atoms with van der Waals surface area (Å²) in [5.74, 6) is -2.15. The summed E-state index contributed by atoms with van der Waals surface area (Å²) in [7, 11) is 0. The summed E-state index contributed by atoms with van der Waals surface area (Å²) in [5, 5.41) is 0.480.